The van der Waals surface area contributed by atoms with Crippen molar-refractivity contribution in [3.05, 3.63) is 69.3 Å². The van der Waals surface area contributed by atoms with Gasteiger partial charge in [-0.25, -0.2) is 14.6 Å². The van der Waals surface area contributed by atoms with Gasteiger partial charge in [0.2, 0.25) is 0 Å². The number of fused-ring (bicyclic) bond motifs is 1. The highest BCUT2D eigenvalue weighted by atomic mass is 35.5. The summed E-state index contributed by atoms with van der Waals surface area (Å²) in [5.41, 5.74) is 3.14. The lowest BCUT2D eigenvalue weighted by atomic mass is 9.94. The van der Waals surface area contributed by atoms with Crippen LogP contribution in [0.15, 0.2) is 58.7 Å². The van der Waals surface area contributed by atoms with Crippen LogP contribution in [-0.2, 0) is 9.53 Å². The first-order chi connectivity index (χ1) is 16.4. The third-order valence-electron chi connectivity index (χ3n) is 5.39. The van der Waals surface area contributed by atoms with Crippen LogP contribution in [0.2, 0.25) is 10.0 Å². The van der Waals surface area contributed by atoms with E-state index in [2.05, 4.69) is 20.5 Å². The molecule has 2 heterocycles. The van der Waals surface area contributed by atoms with E-state index in [0.29, 0.717) is 32.7 Å². The number of allylic oxidation sites excluding steroid dienone is 1. The number of ether oxygens (including phenoxy) is 1. The number of nitrogens with zero attached hydrogens (tertiary/aromatic N) is 2. The summed E-state index contributed by atoms with van der Waals surface area (Å²) >= 11 is 13.7. The van der Waals surface area contributed by atoms with E-state index in [4.69, 9.17) is 27.9 Å². The smallest absolute Gasteiger partial charge is 0.338 e. The Labute approximate surface area is 212 Å². The second-order valence-electron chi connectivity index (χ2n) is 7.75. The molecule has 7 nitrogen and oxygen atoms in total. The zero-order valence-electron chi connectivity index (χ0n) is 18.7. The topological polar surface area (TPSA) is 83.0 Å². The van der Waals surface area contributed by atoms with Gasteiger partial charge >= 0.3 is 12.0 Å². The molecule has 0 spiro atoms. The molecule has 0 bridgehead atoms. The normalized spacial score (nSPS) is 17.6. The SMILES string of the molecule is CCOC(=O)C1=C(C)N=C2SCCCN2C1c1cccc(NC(=O)Nc2ccc(Cl)c(Cl)c2)c1. The molecule has 2 aromatic rings. The molecular formula is C24H24Cl2N4O3S. The van der Waals surface area contributed by atoms with Crippen LogP contribution in [-0.4, -0.2) is 41.0 Å². The van der Waals surface area contributed by atoms with E-state index in [-0.39, 0.29) is 18.6 Å². The maximum Gasteiger partial charge on any atom is 0.338 e. The standard InChI is InChI=1S/C24H24Cl2N4O3S/c1-3-33-22(31)20-14(2)27-24-30(10-5-11-34-24)21(20)15-6-4-7-16(12-15)28-23(32)29-17-8-9-18(25)19(26)13-17/h4,6-9,12-13,21H,3,5,10-11H2,1-2H3,(H2,28,29,32). The summed E-state index contributed by atoms with van der Waals surface area (Å²) in [4.78, 5) is 32.3. The van der Waals surface area contributed by atoms with Gasteiger partial charge in [-0.1, -0.05) is 47.1 Å². The number of hydrogen-bond acceptors (Lipinski definition) is 6. The average Bonchev–Trinajstić information content (AvgIpc) is 2.80. The molecule has 0 saturated carbocycles. The molecule has 0 radical (unpaired) electrons. The van der Waals surface area contributed by atoms with Crippen LogP contribution >= 0.6 is 35.0 Å². The number of thioether (sulfide) groups is 1. The van der Waals surface area contributed by atoms with Gasteiger partial charge in [-0.2, -0.15) is 0 Å². The molecule has 2 aromatic carbocycles. The van der Waals surface area contributed by atoms with Gasteiger partial charge in [0.15, 0.2) is 5.17 Å². The Morgan fingerprint density at radius 3 is 2.65 bits per heavy atom. The van der Waals surface area contributed by atoms with Crippen molar-refractivity contribution >= 4 is 63.5 Å². The highest BCUT2D eigenvalue weighted by molar-refractivity contribution is 8.13. The fourth-order valence-electron chi connectivity index (χ4n) is 3.94. The second-order valence-corrected chi connectivity index (χ2v) is 9.62. The Hall–Kier alpha value is -2.68. The van der Waals surface area contributed by atoms with Crippen molar-refractivity contribution in [3.8, 4) is 0 Å². The Bertz CT molecular complexity index is 1180. The van der Waals surface area contributed by atoms with E-state index in [0.717, 1.165) is 29.4 Å². The van der Waals surface area contributed by atoms with Crippen LogP contribution in [0.25, 0.3) is 0 Å². The number of amides is 2. The quantitative estimate of drug-likeness (QED) is 0.452. The first-order valence-electron chi connectivity index (χ1n) is 10.9. The van der Waals surface area contributed by atoms with Gasteiger partial charge in [-0.15, -0.1) is 0 Å². The molecule has 2 aliphatic rings. The Balaban J connectivity index is 1.60. The number of aliphatic imine (C=N–C) groups is 1. The van der Waals surface area contributed by atoms with Crippen molar-refractivity contribution in [2.75, 3.05) is 29.5 Å². The number of halogens is 2. The largest absolute Gasteiger partial charge is 0.463 e. The predicted molar refractivity (Wildman–Crippen MR) is 139 cm³/mol. The number of rotatable bonds is 5. The van der Waals surface area contributed by atoms with Crippen LogP contribution in [0.4, 0.5) is 16.2 Å². The number of benzene rings is 2. The summed E-state index contributed by atoms with van der Waals surface area (Å²) in [6, 6.07) is 11.5. The van der Waals surface area contributed by atoms with Crippen molar-refractivity contribution < 1.29 is 14.3 Å². The molecular weight excluding hydrogens is 495 g/mol. The number of carbonyl (C=O) groups is 2. The van der Waals surface area contributed by atoms with Gasteiger partial charge in [0.1, 0.15) is 0 Å². The van der Waals surface area contributed by atoms with Gasteiger partial charge < -0.3 is 20.3 Å². The number of anilines is 2. The third kappa shape index (κ3) is 5.35. The highest BCUT2D eigenvalue weighted by Gasteiger charge is 2.37. The highest BCUT2D eigenvalue weighted by Crippen LogP contribution is 2.40. The summed E-state index contributed by atoms with van der Waals surface area (Å²) in [5, 5.41) is 7.25. The molecule has 178 valence electrons. The van der Waals surface area contributed by atoms with Crippen LogP contribution in [0.1, 0.15) is 31.9 Å². The minimum Gasteiger partial charge on any atom is -0.463 e. The van der Waals surface area contributed by atoms with Crippen molar-refractivity contribution in [2.24, 2.45) is 4.99 Å². The van der Waals surface area contributed by atoms with Gasteiger partial charge in [0.25, 0.3) is 0 Å². The number of urea groups is 1. The summed E-state index contributed by atoms with van der Waals surface area (Å²) < 4.78 is 5.36. The fourth-order valence-corrected chi connectivity index (χ4v) is 5.26. The molecule has 1 unspecified atom stereocenters. The zero-order chi connectivity index (χ0) is 24.2. The molecule has 34 heavy (non-hydrogen) atoms. The van der Waals surface area contributed by atoms with E-state index < -0.39 is 6.03 Å². The molecule has 4 rings (SSSR count). The molecule has 1 fully saturated rings. The van der Waals surface area contributed by atoms with E-state index in [1.807, 2.05) is 25.1 Å². The summed E-state index contributed by atoms with van der Waals surface area (Å²) in [7, 11) is 0. The predicted octanol–water partition coefficient (Wildman–Crippen LogP) is 6.32. The lowest BCUT2D eigenvalue weighted by Crippen LogP contribution is -2.42. The Kier molecular flexibility index (Phi) is 7.70. The molecule has 1 saturated heterocycles. The van der Waals surface area contributed by atoms with Gasteiger partial charge in [0, 0.05) is 23.7 Å². The number of hydrogen-bond donors (Lipinski definition) is 2. The summed E-state index contributed by atoms with van der Waals surface area (Å²) in [6.45, 7) is 4.69. The maximum atomic E-state index is 12.9. The van der Waals surface area contributed by atoms with Gasteiger partial charge in [-0.05, 0) is 56.2 Å². The van der Waals surface area contributed by atoms with Crippen LogP contribution in [0, 0.1) is 0 Å². The van der Waals surface area contributed by atoms with E-state index >= 15 is 0 Å². The lowest BCUT2D eigenvalue weighted by molar-refractivity contribution is -0.139. The number of carbonyl (C=O) groups excluding carboxylic acids is 2. The van der Waals surface area contributed by atoms with Crippen molar-refractivity contribution in [1.82, 2.24) is 4.90 Å². The Morgan fingerprint density at radius 1 is 1.15 bits per heavy atom. The number of nitrogens with one attached hydrogen (secondary N) is 2. The molecule has 10 heteroatoms. The van der Waals surface area contributed by atoms with Gasteiger partial charge in [0.05, 0.1) is 34.0 Å². The minimum atomic E-state index is -0.424. The lowest BCUT2D eigenvalue weighted by Gasteiger charge is -2.40. The van der Waals surface area contributed by atoms with Crippen molar-refractivity contribution in [2.45, 2.75) is 26.3 Å². The molecule has 2 aliphatic heterocycles. The molecule has 0 aliphatic carbocycles. The first-order valence-corrected chi connectivity index (χ1v) is 12.6. The maximum absolute atomic E-state index is 12.9. The average molecular weight is 519 g/mol. The van der Waals surface area contributed by atoms with E-state index in [1.54, 1.807) is 43.0 Å². The van der Waals surface area contributed by atoms with E-state index in [9.17, 15) is 9.59 Å². The summed E-state index contributed by atoms with van der Waals surface area (Å²) in [6.07, 6.45) is 0.985. The van der Waals surface area contributed by atoms with Crippen LogP contribution < -0.4 is 10.6 Å². The Morgan fingerprint density at radius 2 is 1.91 bits per heavy atom. The van der Waals surface area contributed by atoms with Gasteiger partial charge in [-0.3, -0.25) is 0 Å². The second kappa shape index (κ2) is 10.7. The van der Waals surface area contributed by atoms with Crippen molar-refractivity contribution in [3.63, 3.8) is 0 Å². The number of esters is 1. The van der Waals surface area contributed by atoms with Crippen LogP contribution in [0.5, 0.6) is 0 Å². The van der Waals surface area contributed by atoms with E-state index in [1.165, 1.54) is 0 Å². The summed E-state index contributed by atoms with van der Waals surface area (Å²) in [5.74, 6) is 0.611. The molecule has 1 atom stereocenters. The first kappa shape index (κ1) is 24.4. The van der Waals surface area contributed by atoms with Crippen LogP contribution in [0.3, 0.4) is 0 Å². The fraction of sp³-hybridized carbons (Fsp3) is 0.292. The monoisotopic (exact) mass is 518 g/mol. The molecule has 2 amide bonds. The minimum absolute atomic E-state index is 0.282. The molecule has 2 N–H and O–H groups in total. The molecule has 0 aromatic heterocycles. The zero-order valence-corrected chi connectivity index (χ0v) is 21.1. The van der Waals surface area contributed by atoms with Crippen molar-refractivity contribution in [1.29, 1.82) is 0 Å². The third-order valence-corrected chi connectivity index (χ3v) is 7.21. The number of amidine groups is 1.